The van der Waals surface area contributed by atoms with Crippen molar-refractivity contribution in [2.75, 3.05) is 11.9 Å². The van der Waals surface area contributed by atoms with Crippen molar-refractivity contribution in [3.63, 3.8) is 0 Å². The van der Waals surface area contributed by atoms with Crippen LogP contribution in [0.2, 0.25) is 0 Å². The summed E-state index contributed by atoms with van der Waals surface area (Å²) in [7, 11) is 0. The molecule has 0 atom stereocenters. The van der Waals surface area contributed by atoms with E-state index in [-0.39, 0.29) is 23.8 Å². The molecule has 0 aliphatic heterocycles. The largest absolute Gasteiger partial charge is 0.490 e. The summed E-state index contributed by atoms with van der Waals surface area (Å²) in [5.41, 5.74) is 1.42. The molecule has 26 heavy (non-hydrogen) atoms. The van der Waals surface area contributed by atoms with Crippen LogP contribution in [0, 0.1) is 12.7 Å². The number of hydrogen-bond donors (Lipinski definition) is 1. The van der Waals surface area contributed by atoms with Crippen molar-refractivity contribution in [3.05, 3.63) is 59.4 Å². The van der Waals surface area contributed by atoms with Crippen LogP contribution in [-0.2, 0) is 4.79 Å². The van der Waals surface area contributed by atoms with Gasteiger partial charge in [0.1, 0.15) is 5.82 Å². The van der Waals surface area contributed by atoms with Crippen molar-refractivity contribution in [2.24, 2.45) is 0 Å². The van der Waals surface area contributed by atoms with E-state index in [1.165, 1.54) is 42.5 Å². The first-order valence-electron chi connectivity index (χ1n) is 7.86. The third-order valence-electron chi connectivity index (χ3n) is 3.29. The Bertz CT molecular complexity index is 807. The zero-order chi connectivity index (χ0) is 19.1. The predicted octanol–water partition coefficient (Wildman–Crippen LogP) is 4.79. The maximum Gasteiger partial charge on any atom is 0.387 e. The minimum absolute atomic E-state index is 0.0790. The molecule has 0 spiro atoms. The quantitative estimate of drug-likeness (QED) is 0.718. The smallest absolute Gasteiger partial charge is 0.387 e. The Balaban J connectivity index is 2.12. The topological polar surface area (TPSA) is 47.6 Å². The van der Waals surface area contributed by atoms with Gasteiger partial charge in [-0.05, 0) is 55.3 Å². The van der Waals surface area contributed by atoms with E-state index in [4.69, 9.17) is 4.74 Å². The summed E-state index contributed by atoms with van der Waals surface area (Å²) in [5.74, 6) is -1.02. The second-order valence-electron chi connectivity index (χ2n) is 5.32. The zero-order valence-electron chi connectivity index (χ0n) is 14.3. The summed E-state index contributed by atoms with van der Waals surface area (Å²) in [4.78, 5) is 12.0. The Hall–Kier alpha value is -2.96. The van der Waals surface area contributed by atoms with Gasteiger partial charge in [0.25, 0.3) is 0 Å². The molecule has 2 aromatic carbocycles. The van der Waals surface area contributed by atoms with Gasteiger partial charge in [-0.2, -0.15) is 8.78 Å². The van der Waals surface area contributed by atoms with Crippen LogP contribution >= 0.6 is 0 Å². The molecule has 4 nitrogen and oxygen atoms in total. The molecule has 0 aliphatic rings. The molecular weight excluding hydrogens is 347 g/mol. The summed E-state index contributed by atoms with van der Waals surface area (Å²) in [6.07, 6.45) is 2.66. The number of halogens is 3. The Morgan fingerprint density at radius 2 is 1.96 bits per heavy atom. The molecule has 0 saturated heterocycles. The van der Waals surface area contributed by atoms with Crippen LogP contribution in [0.15, 0.2) is 42.5 Å². The highest BCUT2D eigenvalue weighted by Crippen LogP contribution is 2.30. The molecule has 0 saturated carbocycles. The van der Waals surface area contributed by atoms with Crippen molar-refractivity contribution in [2.45, 2.75) is 20.5 Å². The minimum Gasteiger partial charge on any atom is -0.490 e. The molecule has 138 valence electrons. The number of benzene rings is 2. The van der Waals surface area contributed by atoms with Crippen LogP contribution in [0.4, 0.5) is 18.9 Å². The number of nitrogens with one attached hydrogen (secondary N) is 1. The molecule has 0 heterocycles. The van der Waals surface area contributed by atoms with E-state index in [9.17, 15) is 18.0 Å². The maximum absolute atomic E-state index is 13.6. The lowest BCUT2D eigenvalue weighted by molar-refractivity contribution is -0.111. The van der Waals surface area contributed by atoms with E-state index in [0.717, 1.165) is 5.56 Å². The van der Waals surface area contributed by atoms with Gasteiger partial charge < -0.3 is 14.8 Å². The van der Waals surface area contributed by atoms with E-state index in [1.807, 2.05) is 0 Å². The number of carbonyl (C=O) groups excluding carboxylic acids is 1. The van der Waals surface area contributed by atoms with Crippen LogP contribution in [0.1, 0.15) is 18.1 Å². The fourth-order valence-corrected chi connectivity index (χ4v) is 2.17. The summed E-state index contributed by atoms with van der Waals surface area (Å²) >= 11 is 0. The fraction of sp³-hybridized carbons (Fsp3) is 0.211. The standard InChI is InChI=1S/C19H18F3NO3/c1-3-25-17-11-13(5-8-16(17)26-19(21)22)6-9-18(24)23-15-10-12(2)4-7-14(15)20/h4-11,19H,3H2,1-2H3,(H,23,24)/b9-6+. The highest BCUT2D eigenvalue weighted by atomic mass is 19.3. The van der Waals surface area contributed by atoms with Crippen LogP contribution in [-0.4, -0.2) is 19.1 Å². The second kappa shape index (κ2) is 8.94. The number of hydrogen-bond acceptors (Lipinski definition) is 3. The molecule has 1 amide bonds. The highest BCUT2D eigenvalue weighted by molar-refractivity contribution is 6.02. The highest BCUT2D eigenvalue weighted by Gasteiger charge is 2.11. The van der Waals surface area contributed by atoms with Crippen LogP contribution in [0.3, 0.4) is 0 Å². The maximum atomic E-state index is 13.6. The number of carbonyl (C=O) groups is 1. The van der Waals surface area contributed by atoms with Crippen molar-refractivity contribution >= 4 is 17.7 Å². The molecule has 7 heteroatoms. The first-order chi connectivity index (χ1) is 12.4. The van der Waals surface area contributed by atoms with E-state index < -0.39 is 18.3 Å². The Morgan fingerprint density at radius 3 is 2.65 bits per heavy atom. The molecule has 2 aromatic rings. The first-order valence-corrected chi connectivity index (χ1v) is 7.86. The van der Waals surface area contributed by atoms with Gasteiger partial charge in [-0.25, -0.2) is 4.39 Å². The van der Waals surface area contributed by atoms with Crippen molar-refractivity contribution < 1.29 is 27.4 Å². The Kier molecular flexibility index (Phi) is 6.66. The lowest BCUT2D eigenvalue weighted by Crippen LogP contribution is -2.09. The number of ether oxygens (including phenoxy) is 2. The van der Waals surface area contributed by atoms with Crippen molar-refractivity contribution in [1.82, 2.24) is 0 Å². The van der Waals surface area contributed by atoms with Gasteiger partial charge in [0, 0.05) is 6.08 Å². The molecule has 1 N–H and O–H groups in total. The van der Waals surface area contributed by atoms with Crippen molar-refractivity contribution in [1.29, 1.82) is 0 Å². The van der Waals surface area contributed by atoms with E-state index in [1.54, 1.807) is 19.9 Å². The van der Waals surface area contributed by atoms with Gasteiger partial charge in [0.2, 0.25) is 5.91 Å². The monoisotopic (exact) mass is 365 g/mol. The first kappa shape index (κ1) is 19.4. The molecule has 0 bridgehead atoms. The number of rotatable bonds is 7. The van der Waals surface area contributed by atoms with Crippen LogP contribution in [0.25, 0.3) is 6.08 Å². The Labute approximate surface area is 149 Å². The molecule has 0 aromatic heterocycles. The lowest BCUT2D eigenvalue weighted by Gasteiger charge is -2.11. The SMILES string of the molecule is CCOc1cc(/C=C/C(=O)Nc2cc(C)ccc2F)ccc1OC(F)F. The van der Waals surface area contributed by atoms with Gasteiger partial charge in [0.15, 0.2) is 11.5 Å². The Morgan fingerprint density at radius 1 is 1.19 bits per heavy atom. The average Bonchev–Trinajstić information content (AvgIpc) is 2.58. The molecular formula is C19H18F3NO3. The average molecular weight is 365 g/mol. The molecule has 0 fully saturated rings. The molecule has 2 rings (SSSR count). The summed E-state index contributed by atoms with van der Waals surface area (Å²) < 4.78 is 48.1. The molecule has 0 unspecified atom stereocenters. The molecule has 0 aliphatic carbocycles. The number of aryl methyl sites for hydroxylation is 1. The lowest BCUT2D eigenvalue weighted by atomic mass is 10.2. The number of amides is 1. The van der Waals surface area contributed by atoms with Crippen LogP contribution in [0.5, 0.6) is 11.5 Å². The van der Waals surface area contributed by atoms with Gasteiger partial charge in [0.05, 0.1) is 12.3 Å². The van der Waals surface area contributed by atoms with Gasteiger partial charge >= 0.3 is 6.61 Å². The van der Waals surface area contributed by atoms with E-state index in [2.05, 4.69) is 10.1 Å². The second-order valence-corrected chi connectivity index (χ2v) is 5.32. The zero-order valence-corrected chi connectivity index (χ0v) is 14.3. The summed E-state index contributed by atoms with van der Waals surface area (Å²) in [5, 5.41) is 2.44. The summed E-state index contributed by atoms with van der Waals surface area (Å²) in [6.45, 7) is 0.785. The minimum atomic E-state index is -2.97. The van der Waals surface area contributed by atoms with Gasteiger partial charge in [-0.15, -0.1) is 0 Å². The van der Waals surface area contributed by atoms with E-state index >= 15 is 0 Å². The van der Waals surface area contributed by atoms with Gasteiger partial charge in [-0.1, -0.05) is 12.1 Å². The fourth-order valence-electron chi connectivity index (χ4n) is 2.17. The molecule has 0 radical (unpaired) electrons. The van der Waals surface area contributed by atoms with E-state index in [0.29, 0.717) is 5.56 Å². The summed E-state index contributed by atoms with van der Waals surface area (Å²) in [6, 6.07) is 8.68. The number of alkyl halides is 2. The third-order valence-corrected chi connectivity index (χ3v) is 3.29. The third kappa shape index (κ3) is 5.54. The van der Waals surface area contributed by atoms with Crippen LogP contribution < -0.4 is 14.8 Å². The van der Waals surface area contributed by atoms with Crippen molar-refractivity contribution in [3.8, 4) is 11.5 Å². The number of anilines is 1. The normalized spacial score (nSPS) is 11.0. The van der Waals surface area contributed by atoms with Gasteiger partial charge in [-0.3, -0.25) is 4.79 Å². The predicted molar refractivity (Wildman–Crippen MR) is 93.0 cm³/mol.